The highest BCUT2D eigenvalue weighted by Gasteiger charge is 2.55. The van der Waals surface area contributed by atoms with Crippen LogP contribution < -0.4 is 11.2 Å². The highest BCUT2D eigenvalue weighted by atomic mass is 16.6. The van der Waals surface area contributed by atoms with E-state index in [0.717, 1.165) is 0 Å². The number of rotatable bonds is 6. The van der Waals surface area contributed by atoms with Gasteiger partial charge in [-0.1, -0.05) is 24.8 Å². The number of hydrogen-bond acceptors (Lipinski definition) is 8. The number of hydrogen-bond donors (Lipinski definition) is 1. The normalized spacial score (nSPS) is 21.2. The van der Waals surface area contributed by atoms with E-state index in [2.05, 4.69) is 6.58 Å². The summed E-state index contributed by atoms with van der Waals surface area (Å²) in [6.45, 7) is 14.7. The Bertz CT molecular complexity index is 1440. The molecule has 2 aromatic rings. The third kappa shape index (κ3) is 5.72. The van der Waals surface area contributed by atoms with Crippen LogP contribution in [0, 0.1) is 23.2 Å². The van der Waals surface area contributed by atoms with Gasteiger partial charge >= 0.3 is 17.6 Å². The Labute approximate surface area is 233 Å². The van der Waals surface area contributed by atoms with Crippen molar-refractivity contribution >= 4 is 17.8 Å². The molecule has 0 amide bonds. The van der Waals surface area contributed by atoms with E-state index in [9.17, 15) is 29.1 Å². The van der Waals surface area contributed by atoms with Gasteiger partial charge in [-0.3, -0.25) is 23.7 Å². The summed E-state index contributed by atoms with van der Waals surface area (Å²) in [5.74, 6) is -1.88. The topological polar surface area (TPSA) is 134 Å². The Morgan fingerprint density at radius 1 is 1.02 bits per heavy atom. The van der Waals surface area contributed by atoms with E-state index < -0.39 is 64.1 Å². The lowest BCUT2D eigenvalue weighted by Crippen LogP contribution is -2.46. The zero-order valence-corrected chi connectivity index (χ0v) is 24.1. The largest absolute Gasteiger partial charge is 0.464 e. The van der Waals surface area contributed by atoms with Gasteiger partial charge in [-0.05, 0) is 66.2 Å². The molecule has 1 aromatic heterocycles. The third-order valence-electron chi connectivity index (χ3n) is 7.16. The molecule has 0 unspecified atom stereocenters. The lowest BCUT2D eigenvalue weighted by Gasteiger charge is -2.35. The van der Waals surface area contributed by atoms with Crippen LogP contribution in [-0.2, 0) is 19.1 Å². The summed E-state index contributed by atoms with van der Waals surface area (Å²) in [5.41, 5.74) is -4.29. The fraction of sp³-hybridized carbons (Fsp3) is 0.500. The molecule has 0 radical (unpaired) electrons. The molecule has 216 valence electrons. The molecule has 1 saturated carbocycles. The molecule has 1 fully saturated rings. The molecule has 3 atom stereocenters. The standard InChI is InChI=1S/C30H38N2O8/c1-18-15-31(27(38)32(23(18)34)24(35)20-12-10-9-11-13-20)21-14-22(40-26(37)29(6,7)8)30(16-33,19(21)2)17-39-25(36)28(3,4)5/h9-13,15,21-22,33H,2,14,16-17H2,1,3-8H3/t21-,22-,30-/m0/s1. The summed E-state index contributed by atoms with van der Waals surface area (Å²) in [5, 5.41) is 10.7. The summed E-state index contributed by atoms with van der Waals surface area (Å²) in [7, 11) is 0. The number of aryl methyl sites for hydroxylation is 1. The second kappa shape index (κ2) is 11.0. The van der Waals surface area contributed by atoms with E-state index in [1.807, 2.05) is 0 Å². The number of esters is 2. The molecule has 1 heterocycles. The molecule has 1 aliphatic rings. The van der Waals surface area contributed by atoms with Crippen molar-refractivity contribution < 1.29 is 29.0 Å². The summed E-state index contributed by atoms with van der Waals surface area (Å²) in [6, 6.07) is 7.05. The predicted octanol–water partition coefficient (Wildman–Crippen LogP) is 3.03. The number of aliphatic hydroxyl groups excluding tert-OH is 1. The van der Waals surface area contributed by atoms with Crippen LogP contribution in [0.4, 0.5) is 0 Å². The van der Waals surface area contributed by atoms with E-state index in [0.29, 0.717) is 4.57 Å². The van der Waals surface area contributed by atoms with Crippen LogP contribution in [0.15, 0.2) is 58.3 Å². The number of aromatic nitrogens is 2. The Hall–Kier alpha value is -3.79. The Kier molecular flexibility index (Phi) is 8.45. The average Bonchev–Trinajstić information content (AvgIpc) is 3.15. The minimum Gasteiger partial charge on any atom is -0.464 e. The first kappa shape index (κ1) is 30.7. The predicted molar refractivity (Wildman–Crippen MR) is 148 cm³/mol. The minimum atomic E-state index is -1.44. The van der Waals surface area contributed by atoms with E-state index in [-0.39, 0.29) is 29.7 Å². The van der Waals surface area contributed by atoms with E-state index >= 15 is 0 Å². The van der Waals surface area contributed by atoms with Crippen LogP contribution in [0.25, 0.3) is 0 Å². The van der Waals surface area contributed by atoms with Crippen LogP contribution in [0.1, 0.15) is 69.9 Å². The molecular formula is C30H38N2O8. The lowest BCUT2D eigenvalue weighted by atomic mass is 9.81. The van der Waals surface area contributed by atoms with Gasteiger partial charge in [-0.25, -0.2) is 4.79 Å². The van der Waals surface area contributed by atoms with Gasteiger partial charge in [0.25, 0.3) is 11.5 Å². The second-order valence-corrected chi connectivity index (χ2v) is 12.4. The highest BCUT2D eigenvalue weighted by Crippen LogP contribution is 2.50. The first-order valence-electron chi connectivity index (χ1n) is 13.1. The third-order valence-corrected chi connectivity index (χ3v) is 7.16. The van der Waals surface area contributed by atoms with Crippen molar-refractivity contribution in [3.63, 3.8) is 0 Å². The second-order valence-electron chi connectivity index (χ2n) is 12.4. The molecule has 0 bridgehead atoms. The van der Waals surface area contributed by atoms with Crippen molar-refractivity contribution in [2.24, 2.45) is 16.2 Å². The maximum Gasteiger partial charge on any atom is 0.338 e. The summed E-state index contributed by atoms with van der Waals surface area (Å²) in [6.07, 6.45) is 0.296. The fourth-order valence-electron chi connectivity index (χ4n) is 4.51. The van der Waals surface area contributed by atoms with Gasteiger partial charge in [-0.15, -0.1) is 0 Å². The first-order chi connectivity index (χ1) is 18.5. The van der Waals surface area contributed by atoms with Gasteiger partial charge in [0.15, 0.2) is 0 Å². The van der Waals surface area contributed by atoms with Crippen LogP contribution in [0.2, 0.25) is 0 Å². The van der Waals surface area contributed by atoms with Crippen molar-refractivity contribution in [1.82, 2.24) is 9.13 Å². The molecule has 1 aliphatic carbocycles. The number of ether oxygens (including phenoxy) is 2. The molecule has 0 saturated heterocycles. The quantitative estimate of drug-likeness (QED) is 0.426. The first-order valence-corrected chi connectivity index (χ1v) is 13.1. The molecule has 10 nitrogen and oxygen atoms in total. The molecule has 1 aromatic carbocycles. The van der Waals surface area contributed by atoms with Crippen molar-refractivity contribution in [2.45, 2.75) is 67.0 Å². The maximum absolute atomic E-state index is 13.7. The van der Waals surface area contributed by atoms with E-state index in [1.165, 1.54) is 29.8 Å². The molecule has 10 heteroatoms. The molecule has 1 N–H and O–H groups in total. The number of aliphatic hydroxyl groups is 1. The van der Waals surface area contributed by atoms with Crippen molar-refractivity contribution in [3.05, 3.63) is 80.6 Å². The van der Waals surface area contributed by atoms with Gasteiger partial charge in [0.05, 0.1) is 28.9 Å². The zero-order chi connectivity index (χ0) is 30.2. The van der Waals surface area contributed by atoms with E-state index in [4.69, 9.17) is 9.47 Å². The van der Waals surface area contributed by atoms with Crippen molar-refractivity contribution in [2.75, 3.05) is 13.2 Å². The fourth-order valence-corrected chi connectivity index (χ4v) is 4.51. The van der Waals surface area contributed by atoms with Crippen molar-refractivity contribution in [3.8, 4) is 0 Å². The maximum atomic E-state index is 13.7. The summed E-state index contributed by atoms with van der Waals surface area (Å²) < 4.78 is 13.2. The smallest absolute Gasteiger partial charge is 0.338 e. The molecule has 0 spiro atoms. The minimum absolute atomic E-state index is 0.00857. The number of benzene rings is 1. The van der Waals surface area contributed by atoms with Gasteiger partial charge < -0.3 is 14.6 Å². The van der Waals surface area contributed by atoms with Crippen LogP contribution in [0.5, 0.6) is 0 Å². The van der Waals surface area contributed by atoms with Gasteiger partial charge in [-0.2, -0.15) is 4.57 Å². The Balaban J connectivity index is 2.14. The van der Waals surface area contributed by atoms with Crippen LogP contribution in [-0.4, -0.2) is 51.4 Å². The zero-order valence-electron chi connectivity index (χ0n) is 24.1. The Morgan fingerprint density at radius 2 is 1.60 bits per heavy atom. The van der Waals surface area contributed by atoms with Crippen molar-refractivity contribution in [1.29, 1.82) is 0 Å². The Morgan fingerprint density at radius 3 is 2.12 bits per heavy atom. The molecular weight excluding hydrogens is 516 g/mol. The van der Waals surface area contributed by atoms with Crippen LogP contribution in [0.3, 0.4) is 0 Å². The molecule has 40 heavy (non-hydrogen) atoms. The summed E-state index contributed by atoms with van der Waals surface area (Å²) in [4.78, 5) is 65.5. The highest BCUT2D eigenvalue weighted by molar-refractivity contribution is 5.95. The molecule has 0 aliphatic heterocycles. The van der Waals surface area contributed by atoms with Crippen LogP contribution >= 0.6 is 0 Å². The van der Waals surface area contributed by atoms with Gasteiger partial charge in [0.1, 0.15) is 12.7 Å². The number of carbonyl (C=O) groups excluding carboxylic acids is 3. The van der Waals surface area contributed by atoms with Gasteiger partial charge in [0, 0.05) is 23.7 Å². The molecule has 3 rings (SSSR count). The SMILES string of the molecule is C=C1[C@@H](n2cc(C)c(=O)n(C(=O)c3ccccc3)c2=O)C[C@H](OC(=O)C(C)(C)C)[C@@]1(CO)COC(=O)C(C)(C)C. The monoisotopic (exact) mass is 554 g/mol. The van der Waals surface area contributed by atoms with E-state index in [1.54, 1.807) is 59.7 Å². The number of nitrogens with zero attached hydrogens (tertiary/aromatic N) is 2. The summed E-state index contributed by atoms with van der Waals surface area (Å²) >= 11 is 0. The number of carbonyl (C=O) groups is 3. The van der Waals surface area contributed by atoms with Gasteiger partial charge in [0.2, 0.25) is 0 Å². The lowest BCUT2D eigenvalue weighted by molar-refractivity contribution is -0.171. The average molecular weight is 555 g/mol.